The van der Waals surface area contributed by atoms with E-state index in [9.17, 15) is 4.79 Å². The summed E-state index contributed by atoms with van der Waals surface area (Å²) in [4.78, 5) is 15.0. The number of nitrogens with zero attached hydrogens (tertiary/aromatic N) is 2. The van der Waals surface area contributed by atoms with Gasteiger partial charge in [-0.1, -0.05) is 18.2 Å². The van der Waals surface area contributed by atoms with Gasteiger partial charge in [0, 0.05) is 30.2 Å². The first kappa shape index (κ1) is 15.6. The number of carbonyl (C=O) groups excluding carboxylic acids is 1. The van der Waals surface area contributed by atoms with Gasteiger partial charge < -0.3 is 4.90 Å². The van der Waals surface area contributed by atoms with Crippen molar-refractivity contribution < 1.29 is 4.79 Å². The molecule has 0 aliphatic rings. The maximum Gasteiger partial charge on any atom is 0.223 e. The summed E-state index contributed by atoms with van der Waals surface area (Å²) in [5.41, 5.74) is 0. The van der Waals surface area contributed by atoms with Crippen molar-refractivity contribution in [2.45, 2.75) is 25.2 Å². The summed E-state index contributed by atoms with van der Waals surface area (Å²) >= 11 is 1.69. The predicted molar refractivity (Wildman–Crippen MR) is 78.8 cm³/mol. The molecule has 0 saturated carbocycles. The maximum absolute atomic E-state index is 12.0. The molecule has 1 aromatic rings. The van der Waals surface area contributed by atoms with Crippen LogP contribution in [0.5, 0.6) is 0 Å². The normalized spacial score (nSPS) is 11.6. The van der Waals surface area contributed by atoms with E-state index < -0.39 is 0 Å². The zero-order valence-electron chi connectivity index (χ0n) is 11.5. The van der Waals surface area contributed by atoms with Gasteiger partial charge in [0.15, 0.2) is 0 Å². The molecule has 4 heteroatoms. The van der Waals surface area contributed by atoms with Crippen LogP contribution in [0, 0.1) is 17.2 Å². The van der Waals surface area contributed by atoms with Gasteiger partial charge in [0.05, 0.1) is 12.0 Å². The molecule has 102 valence electrons. The molecule has 0 heterocycles. The van der Waals surface area contributed by atoms with Crippen molar-refractivity contribution in [1.29, 1.82) is 5.26 Å². The average Bonchev–Trinajstić information content (AvgIpc) is 2.45. The molecule has 0 fully saturated rings. The highest BCUT2D eigenvalue weighted by molar-refractivity contribution is 7.99. The third-order valence-corrected chi connectivity index (χ3v) is 3.79. The number of rotatable bonds is 7. The smallest absolute Gasteiger partial charge is 0.223 e. The Hall–Kier alpha value is -1.47. The zero-order valence-corrected chi connectivity index (χ0v) is 12.3. The van der Waals surface area contributed by atoms with E-state index in [1.165, 1.54) is 4.90 Å². The van der Waals surface area contributed by atoms with Gasteiger partial charge >= 0.3 is 0 Å². The minimum absolute atomic E-state index is 0.106. The molecule has 0 N–H and O–H groups in total. The summed E-state index contributed by atoms with van der Waals surface area (Å²) < 4.78 is 0. The van der Waals surface area contributed by atoms with E-state index in [1.54, 1.807) is 16.7 Å². The Labute approximate surface area is 119 Å². The molecule has 0 aromatic heterocycles. The van der Waals surface area contributed by atoms with Gasteiger partial charge in [-0.15, -0.1) is 11.8 Å². The minimum atomic E-state index is -0.106. The van der Waals surface area contributed by atoms with Gasteiger partial charge in [0.25, 0.3) is 0 Å². The Balaban J connectivity index is 2.35. The van der Waals surface area contributed by atoms with Crippen LogP contribution in [-0.2, 0) is 4.79 Å². The molecule has 3 nitrogen and oxygen atoms in total. The van der Waals surface area contributed by atoms with Gasteiger partial charge in [0.1, 0.15) is 0 Å². The second kappa shape index (κ2) is 8.60. The number of hydrogen-bond donors (Lipinski definition) is 0. The average molecular weight is 276 g/mol. The predicted octanol–water partition coefficient (Wildman–Crippen LogP) is 3.18. The first-order valence-electron chi connectivity index (χ1n) is 6.52. The van der Waals surface area contributed by atoms with Crippen molar-refractivity contribution in [2.75, 3.05) is 18.8 Å². The fourth-order valence-electron chi connectivity index (χ4n) is 1.71. The molecular weight excluding hydrogens is 256 g/mol. The highest BCUT2D eigenvalue weighted by Crippen LogP contribution is 2.18. The summed E-state index contributed by atoms with van der Waals surface area (Å²) in [5, 5.41) is 8.79. The van der Waals surface area contributed by atoms with Crippen LogP contribution >= 0.6 is 11.8 Å². The van der Waals surface area contributed by atoms with Crippen molar-refractivity contribution in [3.63, 3.8) is 0 Å². The van der Waals surface area contributed by atoms with E-state index >= 15 is 0 Å². The first-order valence-corrected chi connectivity index (χ1v) is 7.51. The second-order valence-corrected chi connectivity index (χ2v) is 5.54. The summed E-state index contributed by atoms with van der Waals surface area (Å²) in [6.45, 7) is 4.99. The number of amides is 1. The van der Waals surface area contributed by atoms with Crippen LogP contribution in [-0.4, -0.2) is 29.6 Å². The molecule has 0 unspecified atom stereocenters. The van der Waals surface area contributed by atoms with Crippen LogP contribution in [0.1, 0.15) is 20.3 Å². The SMILES string of the molecule is CCN(C[C@H](C)C#N)C(=O)CCSc1ccccc1. The highest BCUT2D eigenvalue weighted by Gasteiger charge is 2.14. The molecule has 1 atom stereocenters. The molecular formula is C15H20N2OS. The van der Waals surface area contributed by atoms with E-state index in [1.807, 2.05) is 44.2 Å². The summed E-state index contributed by atoms with van der Waals surface area (Å²) in [6, 6.07) is 12.2. The van der Waals surface area contributed by atoms with Gasteiger partial charge in [-0.05, 0) is 26.0 Å². The number of thioether (sulfide) groups is 1. The van der Waals surface area contributed by atoms with Crippen molar-refractivity contribution in [3.8, 4) is 6.07 Å². The zero-order chi connectivity index (χ0) is 14.1. The molecule has 1 amide bonds. The minimum Gasteiger partial charge on any atom is -0.342 e. The van der Waals surface area contributed by atoms with E-state index in [0.29, 0.717) is 19.5 Å². The molecule has 1 rings (SSSR count). The quantitative estimate of drug-likeness (QED) is 0.718. The largest absolute Gasteiger partial charge is 0.342 e. The van der Waals surface area contributed by atoms with Crippen molar-refractivity contribution in [1.82, 2.24) is 4.90 Å². The third kappa shape index (κ3) is 5.80. The Kier molecular flexibility index (Phi) is 7.06. The van der Waals surface area contributed by atoms with Gasteiger partial charge in [-0.2, -0.15) is 5.26 Å². The third-order valence-electron chi connectivity index (χ3n) is 2.78. The second-order valence-electron chi connectivity index (χ2n) is 4.37. The molecule has 0 bridgehead atoms. The Bertz CT molecular complexity index is 428. The van der Waals surface area contributed by atoms with Gasteiger partial charge in [0.2, 0.25) is 5.91 Å². The van der Waals surface area contributed by atoms with Gasteiger partial charge in [-0.25, -0.2) is 0 Å². The molecule has 0 spiro atoms. The van der Waals surface area contributed by atoms with E-state index in [-0.39, 0.29) is 11.8 Å². The lowest BCUT2D eigenvalue weighted by molar-refractivity contribution is -0.130. The highest BCUT2D eigenvalue weighted by atomic mass is 32.2. The molecule has 19 heavy (non-hydrogen) atoms. The van der Waals surface area contributed by atoms with Crippen LogP contribution in [0.3, 0.4) is 0 Å². The summed E-state index contributed by atoms with van der Waals surface area (Å²) in [5.74, 6) is 0.805. The number of nitriles is 1. The first-order chi connectivity index (χ1) is 9.17. The fraction of sp³-hybridized carbons (Fsp3) is 0.467. The summed E-state index contributed by atoms with van der Waals surface area (Å²) in [7, 11) is 0. The van der Waals surface area contributed by atoms with Crippen LogP contribution in [0.15, 0.2) is 35.2 Å². The lowest BCUT2D eigenvalue weighted by atomic mass is 10.2. The van der Waals surface area contributed by atoms with Crippen molar-refractivity contribution in [3.05, 3.63) is 30.3 Å². The Morgan fingerprint density at radius 2 is 2.11 bits per heavy atom. The Morgan fingerprint density at radius 1 is 1.42 bits per heavy atom. The standard InChI is InChI=1S/C15H20N2OS/c1-3-17(12-13(2)11-16)15(18)9-10-19-14-7-5-4-6-8-14/h4-8,13H,3,9-10,12H2,1-2H3/t13-/m1/s1. The molecule has 0 aliphatic heterocycles. The molecule has 1 aromatic carbocycles. The molecule has 0 radical (unpaired) electrons. The monoisotopic (exact) mass is 276 g/mol. The molecule has 0 saturated heterocycles. The van der Waals surface area contributed by atoms with Crippen LogP contribution in [0.4, 0.5) is 0 Å². The molecule has 0 aliphatic carbocycles. The fourth-order valence-corrected chi connectivity index (χ4v) is 2.57. The van der Waals surface area contributed by atoms with E-state index in [4.69, 9.17) is 5.26 Å². The lowest BCUT2D eigenvalue weighted by Gasteiger charge is -2.21. The van der Waals surface area contributed by atoms with Crippen LogP contribution in [0.25, 0.3) is 0 Å². The lowest BCUT2D eigenvalue weighted by Crippen LogP contribution is -2.34. The van der Waals surface area contributed by atoms with Crippen LogP contribution in [0.2, 0.25) is 0 Å². The van der Waals surface area contributed by atoms with Crippen LogP contribution < -0.4 is 0 Å². The topological polar surface area (TPSA) is 44.1 Å². The van der Waals surface area contributed by atoms with Crippen molar-refractivity contribution in [2.24, 2.45) is 5.92 Å². The number of hydrogen-bond acceptors (Lipinski definition) is 3. The Morgan fingerprint density at radius 3 is 2.68 bits per heavy atom. The number of benzene rings is 1. The van der Waals surface area contributed by atoms with Crippen molar-refractivity contribution >= 4 is 17.7 Å². The van der Waals surface area contributed by atoms with E-state index in [2.05, 4.69) is 6.07 Å². The number of carbonyl (C=O) groups is 1. The maximum atomic E-state index is 12.0. The van der Waals surface area contributed by atoms with Gasteiger partial charge in [-0.3, -0.25) is 4.79 Å². The van der Waals surface area contributed by atoms with E-state index in [0.717, 1.165) is 5.75 Å². The summed E-state index contributed by atoms with van der Waals surface area (Å²) in [6.07, 6.45) is 0.519.